The van der Waals surface area contributed by atoms with Crippen LogP contribution in [-0.4, -0.2) is 25.1 Å². The summed E-state index contributed by atoms with van der Waals surface area (Å²) >= 11 is 0. The zero-order valence-corrected chi connectivity index (χ0v) is 11.6. The van der Waals surface area contributed by atoms with Gasteiger partial charge < -0.3 is 14.7 Å². The average Bonchev–Trinajstić information content (AvgIpc) is 2.46. The largest absolute Gasteiger partial charge is 0.624 e. The molecular weight excluding hydrogens is 254 g/mol. The smallest absolute Gasteiger partial charge is 0.181 e. The Morgan fingerprint density at radius 1 is 1.10 bits per heavy atom. The molecule has 0 saturated heterocycles. The van der Waals surface area contributed by atoms with Crippen LogP contribution in [0.4, 0.5) is 0 Å². The summed E-state index contributed by atoms with van der Waals surface area (Å²) in [6.45, 7) is 0.474. The van der Waals surface area contributed by atoms with Crippen LogP contribution in [0.5, 0.6) is 11.5 Å². The van der Waals surface area contributed by atoms with E-state index in [0.717, 1.165) is 15.9 Å². The summed E-state index contributed by atoms with van der Waals surface area (Å²) in [5.41, 5.74) is 1.86. The molecule has 0 bridgehead atoms. The Hall–Kier alpha value is -2.49. The first-order valence-corrected chi connectivity index (χ1v) is 6.28. The third-order valence-electron chi connectivity index (χ3n) is 2.76. The standard InChI is InChI=1S/C16H17NO3/c1-17(18)11-14-8-9-15(16(10-14)19-2)20-12-13-6-4-3-5-7-13/h3-11H,12H2,1-2H3/b17-11-. The van der Waals surface area contributed by atoms with Crippen LogP contribution in [0.25, 0.3) is 0 Å². The first kappa shape index (κ1) is 13.9. The van der Waals surface area contributed by atoms with Crippen molar-refractivity contribution in [1.29, 1.82) is 0 Å². The number of methoxy groups -OCH3 is 1. The van der Waals surface area contributed by atoms with Crippen LogP contribution in [0.3, 0.4) is 0 Å². The average molecular weight is 271 g/mol. The van der Waals surface area contributed by atoms with Gasteiger partial charge in [0.25, 0.3) is 0 Å². The van der Waals surface area contributed by atoms with E-state index in [1.807, 2.05) is 36.4 Å². The summed E-state index contributed by atoms with van der Waals surface area (Å²) in [6.07, 6.45) is 1.48. The first-order chi connectivity index (χ1) is 9.69. The molecule has 0 saturated carbocycles. The number of benzene rings is 2. The lowest BCUT2D eigenvalue weighted by molar-refractivity contribution is -0.416. The summed E-state index contributed by atoms with van der Waals surface area (Å²) in [5.74, 6) is 1.26. The molecule has 0 atom stereocenters. The van der Waals surface area contributed by atoms with E-state index in [-0.39, 0.29) is 0 Å². The summed E-state index contributed by atoms with van der Waals surface area (Å²) in [6, 6.07) is 15.3. The number of rotatable bonds is 5. The lowest BCUT2D eigenvalue weighted by atomic mass is 10.2. The van der Waals surface area contributed by atoms with Crippen molar-refractivity contribution < 1.29 is 14.2 Å². The van der Waals surface area contributed by atoms with E-state index in [4.69, 9.17) is 9.47 Å². The van der Waals surface area contributed by atoms with Crippen LogP contribution in [-0.2, 0) is 6.61 Å². The van der Waals surface area contributed by atoms with Gasteiger partial charge in [-0.3, -0.25) is 0 Å². The zero-order valence-electron chi connectivity index (χ0n) is 11.6. The Kier molecular flexibility index (Phi) is 4.60. The number of hydroxylamine groups is 1. The van der Waals surface area contributed by atoms with Crippen molar-refractivity contribution in [3.63, 3.8) is 0 Å². The van der Waals surface area contributed by atoms with E-state index < -0.39 is 0 Å². The molecule has 2 aromatic rings. The van der Waals surface area contributed by atoms with E-state index in [1.165, 1.54) is 13.3 Å². The Morgan fingerprint density at radius 3 is 2.50 bits per heavy atom. The second kappa shape index (κ2) is 6.61. The maximum Gasteiger partial charge on any atom is 0.181 e. The third kappa shape index (κ3) is 3.75. The molecule has 0 amide bonds. The third-order valence-corrected chi connectivity index (χ3v) is 2.76. The molecular formula is C16H17NO3. The second-order valence-corrected chi connectivity index (χ2v) is 4.36. The van der Waals surface area contributed by atoms with Gasteiger partial charge in [-0.1, -0.05) is 30.3 Å². The first-order valence-electron chi connectivity index (χ1n) is 6.28. The molecule has 0 radical (unpaired) electrons. The molecule has 0 aliphatic carbocycles. The van der Waals surface area contributed by atoms with Crippen molar-refractivity contribution in [1.82, 2.24) is 0 Å². The molecule has 0 unspecified atom stereocenters. The summed E-state index contributed by atoms with van der Waals surface area (Å²) in [5, 5.41) is 11.0. The normalized spacial score (nSPS) is 11.2. The van der Waals surface area contributed by atoms with Crippen LogP contribution in [0.2, 0.25) is 0 Å². The summed E-state index contributed by atoms with van der Waals surface area (Å²) in [4.78, 5) is 0. The molecule has 0 aliphatic heterocycles. The molecule has 0 N–H and O–H groups in total. The van der Waals surface area contributed by atoms with Crippen LogP contribution < -0.4 is 9.47 Å². The van der Waals surface area contributed by atoms with Crippen LogP contribution >= 0.6 is 0 Å². The van der Waals surface area contributed by atoms with Gasteiger partial charge in [0, 0.05) is 5.56 Å². The van der Waals surface area contributed by atoms with Crippen molar-refractivity contribution in [3.05, 3.63) is 64.9 Å². The Labute approximate surface area is 118 Å². The predicted molar refractivity (Wildman–Crippen MR) is 78.5 cm³/mol. The van der Waals surface area contributed by atoms with Crippen molar-refractivity contribution >= 4 is 6.21 Å². The van der Waals surface area contributed by atoms with Crippen molar-refractivity contribution in [2.24, 2.45) is 0 Å². The fraction of sp³-hybridized carbons (Fsp3) is 0.188. The number of ether oxygens (including phenoxy) is 2. The van der Waals surface area contributed by atoms with Gasteiger partial charge in [0.2, 0.25) is 0 Å². The van der Waals surface area contributed by atoms with E-state index in [1.54, 1.807) is 19.2 Å². The molecule has 104 valence electrons. The molecule has 2 rings (SSSR count). The fourth-order valence-electron chi connectivity index (χ4n) is 1.83. The van der Waals surface area contributed by atoms with E-state index >= 15 is 0 Å². The molecule has 20 heavy (non-hydrogen) atoms. The fourth-order valence-corrected chi connectivity index (χ4v) is 1.83. The topological polar surface area (TPSA) is 44.5 Å². The number of nitrogens with zero attached hydrogens (tertiary/aromatic N) is 1. The molecule has 0 heterocycles. The molecule has 0 aromatic heterocycles. The van der Waals surface area contributed by atoms with Crippen LogP contribution in [0.15, 0.2) is 48.5 Å². The van der Waals surface area contributed by atoms with Gasteiger partial charge in [-0.05, 0) is 23.8 Å². The minimum Gasteiger partial charge on any atom is -0.624 e. The van der Waals surface area contributed by atoms with Gasteiger partial charge in [-0.15, -0.1) is 0 Å². The van der Waals surface area contributed by atoms with Gasteiger partial charge in [0.05, 0.1) is 7.11 Å². The summed E-state index contributed by atoms with van der Waals surface area (Å²) in [7, 11) is 3.02. The maximum atomic E-state index is 11.0. The van der Waals surface area contributed by atoms with Gasteiger partial charge >= 0.3 is 0 Å². The lowest BCUT2D eigenvalue weighted by Crippen LogP contribution is -2.00. The highest BCUT2D eigenvalue weighted by atomic mass is 16.5. The van der Waals surface area contributed by atoms with Crippen LogP contribution in [0.1, 0.15) is 11.1 Å². The molecule has 4 heteroatoms. The van der Waals surface area contributed by atoms with Crippen molar-refractivity contribution in [2.45, 2.75) is 6.61 Å². The lowest BCUT2D eigenvalue weighted by Gasteiger charge is -2.11. The van der Waals surface area contributed by atoms with Gasteiger partial charge in [0.15, 0.2) is 17.7 Å². The Balaban J connectivity index is 2.13. The highest BCUT2D eigenvalue weighted by Crippen LogP contribution is 2.28. The number of hydrogen-bond donors (Lipinski definition) is 0. The second-order valence-electron chi connectivity index (χ2n) is 4.36. The van der Waals surface area contributed by atoms with E-state index in [9.17, 15) is 5.21 Å². The SMILES string of the molecule is COc1cc(/C=[N+](/C)[O-])ccc1OCc1ccccc1. The Bertz CT molecular complexity index is 590. The quantitative estimate of drug-likeness (QED) is 0.363. The van der Waals surface area contributed by atoms with Crippen molar-refractivity contribution in [3.8, 4) is 11.5 Å². The minimum absolute atomic E-state index is 0.474. The van der Waals surface area contributed by atoms with Gasteiger partial charge in [0.1, 0.15) is 13.7 Å². The number of hydrogen-bond acceptors (Lipinski definition) is 3. The van der Waals surface area contributed by atoms with E-state index in [0.29, 0.717) is 18.1 Å². The summed E-state index contributed by atoms with van der Waals surface area (Å²) < 4.78 is 11.8. The monoisotopic (exact) mass is 271 g/mol. The van der Waals surface area contributed by atoms with Gasteiger partial charge in [-0.25, -0.2) is 4.74 Å². The molecule has 0 aliphatic rings. The molecule has 2 aromatic carbocycles. The highest BCUT2D eigenvalue weighted by molar-refractivity contribution is 5.77. The predicted octanol–water partition coefficient (Wildman–Crippen LogP) is 2.83. The highest BCUT2D eigenvalue weighted by Gasteiger charge is 2.06. The minimum atomic E-state index is 0.474. The van der Waals surface area contributed by atoms with Crippen LogP contribution in [0, 0.1) is 5.21 Å². The van der Waals surface area contributed by atoms with E-state index in [2.05, 4.69) is 0 Å². The Morgan fingerprint density at radius 2 is 1.85 bits per heavy atom. The maximum absolute atomic E-state index is 11.0. The zero-order chi connectivity index (χ0) is 14.4. The molecule has 4 nitrogen and oxygen atoms in total. The van der Waals surface area contributed by atoms with Crippen molar-refractivity contribution in [2.75, 3.05) is 14.2 Å². The molecule has 0 spiro atoms. The van der Waals surface area contributed by atoms with Gasteiger partial charge in [-0.2, -0.15) is 0 Å². The molecule has 0 fully saturated rings.